The molecule has 6 heteroatoms. The van der Waals surface area contributed by atoms with Crippen LogP contribution in [0.4, 0.5) is 0 Å². The first-order valence-corrected chi connectivity index (χ1v) is 8.94. The Labute approximate surface area is 157 Å². The smallest absolute Gasteiger partial charge is 0.223 e. The van der Waals surface area contributed by atoms with Crippen molar-refractivity contribution in [3.8, 4) is 5.69 Å². The third kappa shape index (κ3) is 3.89. The Morgan fingerprint density at radius 1 is 1.07 bits per heavy atom. The quantitative estimate of drug-likeness (QED) is 0.531. The third-order valence-corrected chi connectivity index (χ3v) is 4.51. The number of nitrogens with zero attached hydrogens (tertiary/aromatic N) is 5. The lowest BCUT2D eigenvalue weighted by atomic mass is 10.2. The number of imidazole rings is 1. The van der Waals surface area contributed by atoms with Crippen molar-refractivity contribution in [3.05, 3.63) is 84.6 Å². The minimum Gasteiger partial charge on any atom is -0.341 e. The van der Waals surface area contributed by atoms with Gasteiger partial charge in [-0.15, -0.1) is 0 Å². The molecule has 0 radical (unpaired) electrons. The molecule has 0 aliphatic rings. The Balaban J connectivity index is 1.34. The second-order valence-electron chi connectivity index (χ2n) is 6.58. The fourth-order valence-corrected chi connectivity index (χ4v) is 3.06. The highest BCUT2D eigenvalue weighted by atomic mass is 16.2. The number of aromatic nitrogens is 4. The number of amides is 1. The summed E-state index contributed by atoms with van der Waals surface area (Å²) in [5.74, 6) is 0.0968. The number of para-hydroxylation sites is 1. The van der Waals surface area contributed by atoms with E-state index in [2.05, 4.69) is 10.1 Å². The number of rotatable bonds is 6. The van der Waals surface area contributed by atoms with Crippen LogP contribution in [0.1, 0.15) is 17.7 Å². The zero-order valence-electron chi connectivity index (χ0n) is 15.2. The maximum atomic E-state index is 12.5. The molecule has 0 fully saturated rings. The zero-order chi connectivity index (χ0) is 18.6. The zero-order valence-corrected chi connectivity index (χ0v) is 15.2. The summed E-state index contributed by atoms with van der Waals surface area (Å²) in [5, 5.41) is 4.38. The minimum atomic E-state index is 0.0968. The first-order chi connectivity index (χ1) is 13.2. The van der Waals surface area contributed by atoms with Crippen LogP contribution in [0, 0.1) is 0 Å². The van der Waals surface area contributed by atoms with E-state index in [1.54, 1.807) is 11.1 Å². The van der Waals surface area contributed by atoms with E-state index in [0.29, 0.717) is 19.4 Å². The molecule has 6 nitrogen and oxygen atoms in total. The Kier molecular flexibility index (Phi) is 4.70. The van der Waals surface area contributed by atoms with E-state index >= 15 is 0 Å². The summed E-state index contributed by atoms with van der Waals surface area (Å²) in [6.07, 6.45) is 8.78. The van der Waals surface area contributed by atoms with Crippen molar-refractivity contribution in [3.63, 3.8) is 0 Å². The summed E-state index contributed by atoms with van der Waals surface area (Å²) in [7, 11) is 1.83. The molecular weight excluding hydrogens is 338 g/mol. The molecule has 0 atom stereocenters. The van der Waals surface area contributed by atoms with Crippen molar-refractivity contribution in [1.82, 2.24) is 24.1 Å². The van der Waals surface area contributed by atoms with Gasteiger partial charge in [-0.3, -0.25) is 4.79 Å². The fraction of sp³-hybridized carbons (Fsp3) is 0.190. The number of carbonyl (C=O) groups excluding carboxylic acids is 1. The molecule has 0 bridgehead atoms. The second kappa shape index (κ2) is 7.45. The first kappa shape index (κ1) is 17.0. The Morgan fingerprint density at radius 3 is 2.70 bits per heavy atom. The monoisotopic (exact) mass is 359 g/mol. The maximum absolute atomic E-state index is 12.5. The summed E-state index contributed by atoms with van der Waals surface area (Å²) < 4.78 is 3.80. The summed E-state index contributed by atoms with van der Waals surface area (Å²) in [4.78, 5) is 18.8. The molecular formula is C21H21N5O. The van der Waals surface area contributed by atoms with Crippen LogP contribution in [-0.2, 0) is 17.8 Å². The van der Waals surface area contributed by atoms with Crippen LogP contribution in [0.2, 0.25) is 0 Å². The van der Waals surface area contributed by atoms with Crippen LogP contribution in [0.15, 0.2) is 73.3 Å². The van der Waals surface area contributed by atoms with Gasteiger partial charge in [-0.1, -0.05) is 24.3 Å². The van der Waals surface area contributed by atoms with Gasteiger partial charge in [0.15, 0.2) is 0 Å². The third-order valence-electron chi connectivity index (χ3n) is 4.51. The number of benzene rings is 1. The summed E-state index contributed by atoms with van der Waals surface area (Å²) in [5.41, 5.74) is 3.84. The average molecular weight is 359 g/mol. The van der Waals surface area contributed by atoms with E-state index < -0.39 is 0 Å². The Hall–Kier alpha value is -3.41. The van der Waals surface area contributed by atoms with Gasteiger partial charge >= 0.3 is 0 Å². The molecule has 0 saturated carbocycles. The average Bonchev–Trinajstić information content (AvgIpc) is 3.33. The van der Waals surface area contributed by atoms with Crippen LogP contribution in [0.5, 0.6) is 0 Å². The summed E-state index contributed by atoms with van der Waals surface area (Å²) >= 11 is 0. The Morgan fingerprint density at radius 2 is 1.89 bits per heavy atom. The van der Waals surface area contributed by atoms with Gasteiger partial charge < -0.3 is 9.30 Å². The molecule has 4 aromatic rings. The molecule has 0 N–H and O–H groups in total. The summed E-state index contributed by atoms with van der Waals surface area (Å²) in [6, 6.07) is 15.8. The first-order valence-electron chi connectivity index (χ1n) is 8.94. The Bertz CT molecular complexity index is 1020. The molecule has 0 unspecified atom stereocenters. The van der Waals surface area contributed by atoms with Crippen LogP contribution in [-0.4, -0.2) is 37.0 Å². The minimum absolute atomic E-state index is 0.0968. The van der Waals surface area contributed by atoms with E-state index in [1.807, 2.05) is 83.3 Å². The number of hydrogen-bond acceptors (Lipinski definition) is 3. The normalized spacial score (nSPS) is 11.0. The predicted octanol–water partition coefficient (Wildman–Crippen LogP) is 3.11. The highest BCUT2D eigenvalue weighted by Gasteiger charge is 2.12. The second-order valence-corrected chi connectivity index (χ2v) is 6.58. The van der Waals surface area contributed by atoms with Gasteiger partial charge in [-0.05, 0) is 30.7 Å². The maximum Gasteiger partial charge on any atom is 0.223 e. The molecule has 1 amide bonds. The lowest BCUT2D eigenvalue weighted by Gasteiger charge is -2.15. The number of aryl methyl sites for hydroxylation is 1. The van der Waals surface area contributed by atoms with E-state index in [0.717, 1.165) is 22.6 Å². The van der Waals surface area contributed by atoms with E-state index in [4.69, 9.17) is 0 Å². The number of carbonyl (C=O) groups is 1. The fourth-order valence-electron chi connectivity index (χ4n) is 3.06. The molecule has 0 spiro atoms. The van der Waals surface area contributed by atoms with E-state index in [9.17, 15) is 4.79 Å². The lowest BCUT2D eigenvalue weighted by molar-refractivity contribution is -0.130. The molecule has 3 aromatic heterocycles. The van der Waals surface area contributed by atoms with Crippen molar-refractivity contribution in [1.29, 1.82) is 0 Å². The van der Waals surface area contributed by atoms with Gasteiger partial charge in [0.25, 0.3) is 0 Å². The highest BCUT2D eigenvalue weighted by Crippen LogP contribution is 2.11. The van der Waals surface area contributed by atoms with Gasteiger partial charge in [-0.2, -0.15) is 5.10 Å². The predicted molar refractivity (Wildman–Crippen MR) is 104 cm³/mol. The van der Waals surface area contributed by atoms with Gasteiger partial charge in [0.05, 0.1) is 17.6 Å². The van der Waals surface area contributed by atoms with Crippen molar-refractivity contribution in [2.45, 2.75) is 19.4 Å². The van der Waals surface area contributed by atoms with Gasteiger partial charge in [0.1, 0.15) is 5.65 Å². The molecule has 136 valence electrons. The van der Waals surface area contributed by atoms with Crippen LogP contribution < -0.4 is 0 Å². The molecule has 3 heterocycles. The highest BCUT2D eigenvalue weighted by molar-refractivity contribution is 5.76. The number of fused-ring (bicyclic) bond motifs is 1. The van der Waals surface area contributed by atoms with Crippen molar-refractivity contribution >= 4 is 11.6 Å². The number of hydrogen-bond donors (Lipinski definition) is 0. The molecule has 0 aliphatic carbocycles. The largest absolute Gasteiger partial charge is 0.341 e. The SMILES string of the molecule is CN(Cc1cnn(-c2ccccc2)c1)C(=O)CCc1cn2ccccc2n1. The lowest BCUT2D eigenvalue weighted by Crippen LogP contribution is -2.26. The van der Waals surface area contributed by atoms with Crippen molar-refractivity contribution < 1.29 is 4.79 Å². The number of pyridine rings is 1. The molecule has 4 rings (SSSR count). The van der Waals surface area contributed by atoms with Crippen molar-refractivity contribution in [2.24, 2.45) is 0 Å². The van der Waals surface area contributed by atoms with Gasteiger partial charge in [0, 0.05) is 44.2 Å². The van der Waals surface area contributed by atoms with Gasteiger partial charge in [-0.25, -0.2) is 9.67 Å². The summed E-state index contributed by atoms with van der Waals surface area (Å²) in [6.45, 7) is 0.539. The van der Waals surface area contributed by atoms with Crippen LogP contribution >= 0.6 is 0 Å². The van der Waals surface area contributed by atoms with E-state index in [1.165, 1.54) is 0 Å². The van der Waals surface area contributed by atoms with Crippen LogP contribution in [0.25, 0.3) is 11.3 Å². The van der Waals surface area contributed by atoms with Crippen molar-refractivity contribution in [2.75, 3.05) is 7.05 Å². The molecule has 0 saturated heterocycles. The topological polar surface area (TPSA) is 55.4 Å². The molecule has 1 aromatic carbocycles. The molecule has 27 heavy (non-hydrogen) atoms. The van der Waals surface area contributed by atoms with E-state index in [-0.39, 0.29) is 5.91 Å². The van der Waals surface area contributed by atoms with Gasteiger partial charge in [0.2, 0.25) is 5.91 Å². The molecule has 0 aliphatic heterocycles. The standard InChI is InChI=1S/C21H21N5O/c1-24(14-17-13-22-26(15-17)19-7-3-2-4-8-19)21(27)11-10-18-16-25-12-6-5-9-20(25)23-18/h2-9,12-13,15-16H,10-11,14H2,1H3. The van der Waals surface area contributed by atoms with Crippen LogP contribution in [0.3, 0.4) is 0 Å².